The fourth-order valence-electron chi connectivity index (χ4n) is 4.57. The van der Waals surface area contributed by atoms with Gasteiger partial charge >= 0.3 is 29.4 Å². The zero-order chi connectivity index (χ0) is 34.1. The number of aliphatic hydroxyl groups is 1. The fourth-order valence-corrected chi connectivity index (χ4v) is 7.79. The van der Waals surface area contributed by atoms with Crippen LogP contribution in [0.4, 0.5) is 5.82 Å². The van der Waals surface area contributed by atoms with Crippen LogP contribution < -0.4 is 5.73 Å². The molecule has 20 nitrogen and oxygen atoms in total. The molecule has 23 heteroatoms. The van der Waals surface area contributed by atoms with Crippen LogP contribution in [0.1, 0.15) is 26.9 Å². The number of ether oxygens (including phenoxy) is 2. The number of carbonyl (C=O) groups excluding carboxylic acids is 2. The summed E-state index contributed by atoms with van der Waals surface area (Å²) < 4.78 is 61.3. The molecule has 250 valence electrons. The number of ketones is 1. The summed E-state index contributed by atoms with van der Waals surface area (Å²) in [6.45, 7) is 0. The maximum Gasteiger partial charge on any atom is 0.490 e. The van der Waals surface area contributed by atoms with Gasteiger partial charge in [0.25, 0.3) is 0 Å². The average molecular weight is 715 g/mol. The highest BCUT2D eigenvalue weighted by Crippen LogP contribution is 2.67. The number of carbonyl (C=O) groups is 2. The predicted molar refractivity (Wildman–Crippen MR) is 155 cm³/mol. The van der Waals surface area contributed by atoms with Gasteiger partial charge in [0.1, 0.15) is 30.2 Å². The lowest BCUT2D eigenvalue weighted by atomic mass is 9.97. The first-order valence-electron chi connectivity index (χ1n) is 13.0. The highest BCUT2D eigenvalue weighted by molar-refractivity contribution is 7.66. The molecule has 3 unspecified atom stereocenters. The second kappa shape index (κ2) is 13.4. The number of Topliss-reactive ketones (excluding diaryl/α,β-unsaturated/α-hetero) is 1. The van der Waals surface area contributed by atoms with E-state index in [1.807, 2.05) is 0 Å². The Morgan fingerprint density at radius 2 is 1.49 bits per heavy atom. The number of hydrogen-bond donors (Lipinski definition) is 6. The number of phosphoric acid groups is 3. The van der Waals surface area contributed by atoms with Crippen LogP contribution in [-0.4, -0.2) is 80.4 Å². The van der Waals surface area contributed by atoms with Crippen LogP contribution in [0.25, 0.3) is 11.2 Å². The third-order valence-corrected chi connectivity index (χ3v) is 10.3. The van der Waals surface area contributed by atoms with Crippen molar-refractivity contribution in [2.75, 3.05) is 5.73 Å². The zero-order valence-electron chi connectivity index (χ0n) is 23.3. The van der Waals surface area contributed by atoms with Gasteiger partial charge in [-0.3, -0.25) is 13.9 Å². The standard InChI is InChI=1S/C24H24N5O15P3/c25-21-15-22(27-11-26-21)29(12-28-15)23-17(31)19(42-46(36,37)44-47(38,39)43-45(33,34)35)20(40-23)18(16(30)13-7-3-1-4-8-13)41-24(32)14-9-5-2-6-10-14/h1-12,17-20,23,31H,(H,36,37)(H,38,39)(H2,25,26,27)(H2,33,34,35)/t17-,18?,19+,20-,23-/m1/s1. The smallest absolute Gasteiger partial charge is 0.447 e. The Labute approximate surface area is 263 Å². The maximum absolute atomic E-state index is 13.8. The molecule has 2 aromatic heterocycles. The molecule has 1 aliphatic rings. The van der Waals surface area contributed by atoms with E-state index in [0.717, 1.165) is 17.2 Å². The van der Waals surface area contributed by atoms with Crippen LogP contribution in [0.3, 0.4) is 0 Å². The molecule has 1 aliphatic heterocycles. The van der Waals surface area contributed by atoms with Gasteiger partial charge in [0, 0.05) is 5.56 Å². The van der Waals surface area contributed by atoms with Gasteiger partial charge in [0.05, 0.1) is 11.9 Å². The number of fused-ring (bicyclic) bond motifs is 1. The number of nitrogens with zero attached hydrogens (tertiary/aromatic N) is 4. The van der Waals surface area contributed by atoms with Gasteiger partial charge < -0.3 is 39.9 Å². The normalized spacial score (nSPS) is 23.1. The van der Waals surface area contributed by atoms with Crippen LogP contribution in [-0.2, 0) is 36.3 Å². The predicted octanol–water partition coefficient (Wildman–Crippen LogP) is 1.49. The summed E-state index contributed by atoms with van der Waals surface area (Å²) in [4.78, 5) is 76.8. The zero-order valence-corrected chi connectivity index (χ0v) is 26.0. The summed E-state index contributed by atoms with van der Waals surface area (Å²) in [6, 6.07) is 14.6. The Hall–Kier alpha value is -3.74. The number of aromatic nitrogens is 4. The average Bonchev–Trinajstić information content (AvgIpc) is 3.56. The number of hydrogen-bond acceptors (Lipinski definition) is 15. The molecule has 0 amide bonds. The number of aliphatic hydroxyl groups excluding tert-OH is 1. The quantitative estimate of drug-likeness (QED) is 0.0687. The fraction of sp³-hybridized carbons (Fsp3) is 0.208. The highest BCUT2D eigenvalue weighted by Gasteiger charge is 2.56. The van der Waals surface area contributed by atoms with Crippen LogP contribution in [0.15, 0.2) is 73.3 Å². The molecule has 1 saturated heterocycles. The molecular weight excluding hydrogens is 691 g/mol. The summed E-state index contributed by atoms with van der Waals surface area (Å²) in [7, 11) is -17.7. The minimum absolute atomic E-state index is 0.0218. The number of benzene rings is 2. The lowest BCUT2D eigenvalue weighted by Gasteiger charge is -2.28. The Morgan fingerprint density at radius 1 is 0.872 bits per heavy atom. The van der Waals surface area contributed by atoms with Crippen molar-refractivity contribution in [2.45, 2.75) is 30.6 Å². The number of rotatable bonds is 12. The van der Waals surface area contributed by atoms with Crippen LogP contribution in [0.2, 0.25) is 0 Å². The van der Waals surface area contributed by atoms with E-state index in [9.17, 15) is 38.2 Å². The second-order valence-electron chi connectivity index (χ2n) is 9.65. The van der Waals surface area contributed by atoms with E-state index < -0.39 is 65.9 Å². The van der Waals surface area contributed by atoms with Crippen LogP contribution >= 0.6 is 23.5 Å². The summed E-state index contributed by atoms with van der Waals surface area (Å²) in [5.41, 5.74) is 5.81. The Balaban J connectivity index is 1.58. The lowest BCUT2D eigenvalue weighted by molar-refractivity contribution is -0.0783. The van der Waals surface area contributed by atoms with Crippen molar-refractivity contribution < 1.29 is 70.6 Å². The van der Waals surface area contributed by atoms with Crippen molar-refractivity contribution in [3.8, 4) is 0 Å². The van der Waals surface area contributed by atoms with Crippen molar-refractivity contribution in [1.29, 1.82) is 0 Å². The van der Waals surface area contributed by atoms with Gasteiger partial charge in [0.15, 0.2) is 23.8 Å². The highest BCUT2D eigenvalue weighted by atomic mass is 31.3. The van der Waals surface area contributed by atoms with Crippen LogP contribution in [0, 0.1) is 0 Å². The van der Waals surface area contributed by atoms with Gasteiger partial charge in [-0.1, -0.05) is 48.5 Å². The summed E-state index contributed by atoms with van der Waals surface area (Å²) >= 11 is 0. The number of imidazole rings is 1. The number of phosphoric ester groups is 1. The molecule has 0 aliphatic carbocycles. The summed E-state index contributed by atoms with van der Waals surface area (Å²) in [5, 5.41) is 11.4. The first kappa shape index (κ1) is 34.6. The minimum atomic E-state index is -6.01. The molecule has 0 bridgehead atoms. The maximum atomic E-state index is 13.8. The molecular formula is C24H24N5O15P3. The number of nitrogen functional groups attached to an aromatic ring is 1. The monoisotopic (exact) mass is 715 g/mol. The molecule has 0 spiro atoms. The Morgan fingerprint density at radius 3 is 2.11 bits per heavy atom. The molecule has 0 radical (unpaired) electrons. The van der Waals surface area contributed by atoms with E-state index >= 15 is 0 Å². The van der Waals surface area contributed by atoms with Crippen molar-refractivity contribution in [1.82, 2.24) is 19.5 Å². The lowest BCUT2D eigenvalue weighted by Crippen LogP contribution is -2.46. The van der Waals surface area contributed by atoms with Gasteiger partial charge in [-0.15, -0.1) is 0 Å². The third-order valence-electron chi connectivity index (χ3n) is 6.44. The van der Waals surface area contributed by atoms with Gasteiger partial charge in [0.2, 0.25) is 5.78 Å². The summed E-state index contributed by atoms with van der Waals surface area (Å²) in [5.74, 6) is -2.07. The summed E-state index contributed by atoms with van der Waals surface area (Å²) in [6.07, 6.45) is -7.88. The second-order valence-corrected chi connectivity index (χ2v) is 14.0. The third kappa shape index (κ3) is 8.05. The molecule has 4 aromatic rings. The molecule has 0 saturated carbocycles. The van der Waals surface area contributed by atoms with Crippen LogP contribution in [0.5, 0.6) is 0 Å². The SMILES string of the molecule is Nc1ncnc2c1ncn2[C@@H]1O[C@H](C(OC(=O)c2ccccc2)C(=O)c2ccccc2)[C@@H](OP(=O)(O)OP(=O)(O)OP(=O)(O)O)[C@H]1O. The number of anilines is 1. The molecule has 1 fully saturated rings. The molecule has 7 atom stereocenters. The van der Waals surface area contributed by atoms with Gasteiger partial charge in [-0.25, -0.2) is 33.4 Å². The Bertz CT molecular complexity index is 1920. The minimum Gasteiger partial charge on any atom is -0.447 e. The first-order chi connectivity index (χ1) is 22.1. The number of nitrogens with two attached hydrogens (primary N) is 1. The van der Waals surface area contributed by atoms with E-state index in [1.54, 1.807) is 12.1 Å². The Kier molecular flexibility index (Phi) is 9.87. The molecule has 5 rings (SSSR count). The van der Waals surface area contributed by atoms with Gasteiger partial charge in [-0.05, 0) is 12.1 Å². The van der Waals surface area contributed by atoms with Gasteiger partial charge in [-0.2, -0.15) is 8.62 Å². The molecule has 47 heavy (non-hydrogen) atoms. The van der Waals surface area contributed by atoms with E-state index in [0.29, 0.717) is 0 Å². The van der Waals surface area contributed by atoms with E-state index in [2.05, 4.69) is 23.6 Å². The largest absolute Gasteiger partial charge is 0.490 e. The topological polar surface area (TPSA) is 302 Å². The first-order valence-corrected chi connectivity index (χ1v) is 17.5. The van der Waals surface area contributed by atoms with E-state index in [1.165, 1.54) is 48.5 Å². The van der Waals surface area contributed by atoms with Crippen molar-refractivity contribution in [3.63, 3.8) is 0 Å². The van der Waals surface area contributed by atoms with Crippen molar-refractivity contribution in [2.24, 2.45) is 0 Å². The van der Waals surface area contributed by atoms with Crippen molar-refractivity contribution in [3.05, 3.63) is 84.4 Å². The van der Waals surface area contributed by atoms with E-state index in [4.69, 9.17) is 29.5 Å². The van der Waals surface area contributed by atoms with Crippen molar-refractivity contribution >= 4 is 52.2 Å². The van der Waals surface area contributed by atoms with E-state index in [-0.39, 0.29) is 28.1 Å². The molecule has 2 aromatic carbocycles. The number of esters is 1. The molecule has 3 heterocycles. The molecule has 7 N–H and O–H groups in total.